The summed E-state index contributed by atoms with van der Waals surface area (Å²) in [5, 5.41) is 11.5. The maximum Gasteiger partial charge on any atom is 1.00 e. The van der Waals surface area contributed by atoms with E-state index >= 15 is 0 Å². The molecule has 154 valence electrons. The Morgan fingerprint density at radius 1 is 1.23 bits per heavy atom. The van der Waals surface area contributed by atoms with Gasteiger partial charge in [0.2, 0.25) is 5.91 Å². The zero-order valence-electron chi connectivity index (χ0n) is 17.1. The Morgan fingerprint density at radius 3 is 2.47 bits per heavy atom. The SMILES string of the molecule is COC(=O)Cc1cc2c(c([15N+](=O)[O-])c1)N(C(=O)CCCCOP(=O)([O-])[O-])CC2.[Na+].[Na+]. The molecule has 0 spiro atoms. The second-order valence-electron chi connectivity index (χ2n) is 6.17. The molecule has 1 aliphatic heterocycles. The summed E-state index contributed by atoms with van der Waals surface area (Å²) in [7, 11) is -3.81. The number of hydrogen-bond donors (Lipinski definition) is 0. The minimum atomic E-state index is -5.03. The van der Waals surface area contributed by atoms with Crippen molar-refractivity contribution in [3.05, 3.63) is 33.4 Å². The fourth-order valence-electron chi connectivity index (χ4n) is 3.01. The van der Waals surface area contributed by atoms with Crippen LogP contribution in [-0.2, 0) is 36.3 Å². The van der Waals surface area contributed by atoms with Crippen molar-refractivity contribution in [2.75, 3.05) is 25.2 Å². The van der Waals surface area contributed by atoms with Crippen LogP contribution in [0.15, 0.2) is 12.1 Å². The predicted octanol–water partition coefficient (Wildman–Crippen LogP) is -5.78. The van der Waals surface area contributed by atoms with Gasteiger partial charge in [0.05, 0.1) is 32.9 Å². The number of ether oxygens (including phenoxy) is 1. The van der Waals surface area contributed by atoms with Crippen LogP contribution < -0.4 is 73.8 Å². The molecule has 1 amide bonds. The van der Waals surface area contributed by atoms with Crippen LogP contribution in [0.4, 0.5) is 11.4 Å². The molecule has 0 saturated heterocycles. The van der Waals surface area contributed by atoms with Crippen LogP contribution in [0.25, 0.3) is 0 Å². The Bertz CT molecular complexity index is 831. The average Bonchev–Trinajstić information content (AvgIpc) is 3.03. The van der Waals surface area contributed by atoms with Crippen molar-refractivity contribution in [2.24, 2.45) is 0 Å². The van der Waals surface area contributed by atoms with Gasteiger partial charge in [-0.05, 0) is 30.4 Å². The van der Waals surface area contributed by atoms with Gasteiger partial charge in [0.1, 0.15) is 5.69 Å². The van der Waals surface area contributed by atoms with E-state index in [-0.39, 0.29) is 115 Å². The zero-order valence-corrected chi connectivity index (χ0v) is 22.0. The van der Waals surface area contributed by atoms with Gasteiger partial charge in [-0.3, -0.25) is 19.7 Å². The first-order chi connectivity index (χ1) is 13.1. The van der Waals surface area contributed by atoms with Crippen LogP contribution >= 0.6 is 7.82 Å². The van der Waals surface area contributed by atoms with E-state index in [2.05, 4.69) is 9.26 Å². The molecule has 11 nitrogen and oxygen atoms in total. The molecular weight excluding hydrogens is 442 g/mol. The third-order valence-corrected chi connectivity index (χ3v) is 4.71. The zero-order chi connectivity index (χ0) is 20.9. The van der Waals surface area contributed by atoms with Crippen molar-refractivity contribution >= 4 is 31.1 Å². The number of nitro groups is 1. The van der Waals surface area contributed by atoms with Crippen molar-refractivity contribution < 1.29 is 97.2 Å². The van der Waals surface area contributed by atoms with Crippen molar-refractivity contribution in [1.82, 2.24) is 0 Å². The first kappa shape index (κ1) is 29.7. The summed E-state index contributed by atoms with van der Waals surface area (Å²) in [6.45, 7) is -0.0469. The van der Waals surface area contributed by atoms with E-state index in [1.165, 1.54) is 18.1 Å². The Labute approximate surface area is 217 Å². The van der Waals surface area contributed by atoms with Gasteiger partial charge in [0, 0.05) is 19.0 Å². The molecule has 2 rings (SSSR count). The third-order valence-electron chi connectivity index (χ3n) is 4.21. The number of benzene rings is 1. The molecule has 0 aromatic heterocycles. The molecule has 0 fully saturated rings. The maximum absolute atomic E-state index is 12.5. The van der Waals surface area contributed by atoms with Crippen LogP contribution in [0.3, 0.4) is 0 Å². The number of anilines is 1. The summed E-state index contributed by atoms with van der Waals surface area (Å²) in [6.07, 6.45) is 0.767. The van der Waals surface area contributed by atoms with Crippen LogP contribution in [0.1, 0.15) is 30.4 Å². The molecule has 1 aromatic carbocycles. The maximum atomic E-state index is 12.5. The summed E-state index contributed by atoms with van der Waals surface area (Å²) in [4.78, 5) is 56.9. The topological polar surface area (TPSA) is 162 Å². The number of amides is 1. The van der Waals surface area contributed by atoms with Crippen LogP contribution in [0, 0.1) is 10.1 Å². The molecule has 0 unspecified atom stereocenters. The molecule has 0 bridgehead atoms. The van der Waals surface area contributed by atoms with E-state index in [9.17, 15) is 34.1 Å². The fourth-order valence-corrected chi connectivity index (χ4v) is 3.36. The molecule has 1 aliphatic rings. The Morgan fingerprint density at radius 2 is 1.90 bits per heavy atom. The summed E-state index contributed by atoms with van der Waals surface area (Å²) in [5.41, 5.74) is 0.986. The molecule has 0 saturated carbocycles. The number of fused-ring (bicyclic) bond motifs is 1. The Kier molecular flexibility index (Phi) is 13.1. The van der Waals surface area contributed by atoms with Gasteiger partial charge in [0.25, 0.3) is 5.69 Å². The van der Waals surface area contributed by atoms with E-state index in [0.29, 0.717) is 17.5 Å². The largest absolute Gasteiger partial charge is 1.00 e. The Hall–Kier alpha value is -0.330. The molecule has 1 heterocycles. The van der Waals surface area contributed by atoms with Crippen LogP contribution in [0.2, 0.25) is 0 Å². The monoisotopic (exact) mass is 461 g/mol. The quantitative estimate of drug-likeness (QED) is 0.0663. The molecule has 1 aromatic rings. The van der Waals surface area contributed by atoms with Gasteiger partial charge in [-0.25, -0.2) is 0 Å². The number of unbranched alkanes of at least 4 members (excludes halogenated alkanes) is 1. The van der Waals surface area contributed by atoms with Crippen LogP contribution in [0.5, 0.6) is 0 Å². The van der Waals surface area contributed by atoms with Gasteiger partial charge in [-0.15, -0.1) is 0 Å². The van der Waals surface area contributed by atoms with E-state index < -0.39 is 18.7 Å². The second kappa shape index (κ2) is 13.3. The van der Waals surface area contributed by atoms with Crippen molar-refractivity contribution in [2.45, 2.75) is 32.1 Å². The van der Waals surface area contributed by atoms with E-state index in [1.54, 1.807) is 6.07 Å². The Balaban J connectivity index is 0.00000420. The first-order valence-electron chi connectivity index (χ1n) is 8.46. The molecule has 30 heavy (non-hydrogen) atoms. The van der Waals surface area contributed by atoms with Gasteiger partial charge in [-0.1, -0.05) is 6.07 Å². The number of phosphoric acid groups is 1. The molecule has 0 atom stereocenters. The standard InChI is InChI=1S/C16H21N2O9P.2Na/c1-26-15(20)10-11-8-12-5-6-17(16(12)13(9-11)18(21)22)14(19)4-2-3-7-27-28(23,24)25;;/h8-9H,2-7,10H2,1H3,(H2,23,24,25);;/q;2*+1/p-2/i18+1;;. The number of nitro benzene ring substituents is 1. The summed E-state index contributed by atoms with van der Waals surface area (Å²) in [6, 6.07) is 2.91. The van der Waals surface area contributed by atoms with Crippen molar-refractivity contribution in [3.8, 4) is 0 Å². The predicted molar refractivity (Wildman–Crippen MR) is 92.3 cm³/mol. The number of nitrogens with zero attached hydrogens (tertiary/aromatic N) is 2. The van der Waals surface area contributed by atoms with Gasteiger partial charge in [0.15, 0.2) is 0 Å². The van der Waals surface area contributed by atoms with E-state index in [1.807, 2.05) is 0 Å². The fraction of sp³-hybridized carbons (Fsp3) is 0.500. The molecule has 0 aliphatic carbocycles. The summed E-state index contributed by atoms with van der Waals surface area (Å²) in [5.74, 6) is -0.877. The molecule has 0 N–H and O–H groups in total. The van der Waals surface area contributed by atoms with Crippen molar-refractivity contribution in [1.29, 1.82) is 0 Å². The number of carbonyl (C=O) groups excluding carboxylic acids is 2. The first-order valence-corrected chi connectivity index (χ1v) is 9.92. The van der Waals surface area contributed by atoms with Gasteiger partial charge < -0.3 is 28.5 Å². The van der Waals surface area contributed by atoms with Gasteiger partial charge in [-0.2, -0.15) is 0 Å². The molecule has 0 radical (unpaired) electrons. The molecular formula is C16H19N2Na2O9P. The molecule has 14 heteroatoms. The summed E-state index contributed by atoms with van der Waals surface area (Å²) < 4.78 is 19.0. The number of phosphoric ester groups is 1. The number of methoxy groups -OCH3 is 1. The van der Waals surface area contributed by atoms with Gasteiger partial charge >= 0.3 is 65.1 Å². The minimum Gasteiger partial charge on any atom is -0.790 e. The second-order valence-corrected chi connectivity index (χ2v) is 7.32. The number of hydrogen-bond acceptors (Lipinski definition) is 9. The van der Waals surface area contributed by atoms with E-state index in [4.69, 9.17) is 0 Å². The smallest absolute Gasteiger partial charge is 0.790 e. The third kappa shape index (κ3) is 8.66. The normalized spacial score (nSPS) is 12.4. The van der Waals surface area contributed by atoms with Crippen LogP contribution in [-0.4, -0.2) is 37.1 Å². The number of carbonyl (C=O) groups is 2. The van der Waals surface area contributed by atoms with Crippen molar-refractivity contribution in [3.63, 3.8) is 0 Å². The summed E-state index contributed by atoms with van der Waals surface area (Å²) >= 11 is 0. The number of esters is 1. The van der Waals surface area contributed by atoms with E-state index in [0.717, 1.165) is 0 Å². The number of rotatable bonds is 9. The minimum absolute atomic E-state index is 0. The average molecular weight is 461 g/mol.